The number of sulfonamides is 1. The van der Waals surface area contributed by atoms with Crippen molar-refractivity contribution in [1.29, 1.82) is 0 Å². The molecule has 10 aromatic heterocycles. The molecule has 0 fully saturated rings. The molecule has 0 aliphatic carbocycles. The van der Waals surface area contributed by atoms with Crippen molar-refractivity contribution in [3.63, 3.8) is 0 Å². The monoisotopic (exact) mass is 1730 g/mol. The minimum absolute atomic E-state index is 0. The zero-order valence-electron chi connectivity index (χ0n) is 61.2. The van der Waals surface area contributed by atoms with Crippen molar-refractivity contribution in [2.24, 2.45) is 0 Å². The molecule has 0 aliphatic rings. The molecule has 534 valence electrons. The predicted octanol–water partition coefficient (Wildman–Crippen LogP) is 12.8. The summed E-state index contributed by atoms with van der Waals surface area (Å²) >= 11 is 0. The third kappa shape index (κ3) is 22.5. The van der Waals surface area contributed by atoms with Crippen LogP contribution < -0.4 is 16.1 Å². The topological polar surface area (TPSA) is 303 Å². The number of carboxylic acid groups (broad SMARTS) is 1. The molecule has 4 radical (unpaired) electrons. The van der Waals surface area contributed by atoms with Crippen LogP contribution in [-0.2, 0) is 164 Å². The standard InChI is InChI=1S/C15H13N5O3S.C15H16N4O2S.C15H13N3O2.C14H11N5O.4C2H6.4CH3.4Y/c1-10-12-14(17-18-9-8-16-13(10)18)20(24(2,22)23)15(21)19(12)11-6-4-3-5-7-11;1-11-13(10-12-6-4-3-5-7-12)14(18-22(2,20)21)17-19-9-8-16-15(11)19;1-10-12(9-11-5-3-2-4-6-11)13(15(19)20)17-18-8-7-16-14(10)18;1-9-11-12(17-18-8-7-15-13(9)18)16-14(20)19(11)10-5-3-2-4-6-10;4*1-2;;;;;;;;/h3-9H,1-2H3;3-9H,10H2,1-2H3,(H,17,18);2-8H,9H2,1H3,(H,19,20);2-8H,1H3,(H,16,17,20);4*1-2H3;4*1H3;;;;/q;;;;;;;;4*-1;;;;. The molecular weight excluding hydrogens is 1640 g/mol. The molecule has 0 bridgehead atoms. The molecule has 0 amide bonds. The van der Waals surface area contributed by atoms with Crippen LogP contribution in [0.5, 0.6) is 0 Å². The van der Waals surface area contributed by atoms with Gasteiger partial charge in [0.1, 0.15) is 11.0 Å². The van der Waals surface area contributed by atoms with Gasteiger partial charge in [0.15, 0.2) is 45.4 Å². The maximum atomic E-state index is 12.9. The van der Waals surface area contributed by atoms with Crippen LogP contribution in [0, 0.1) is 57.4 Å². The van der Waals surface area contributed by atoms with Crippen LogP contribution in [0.4, 0.5) is 5.82 Å². The molecule has 0 atom stereocenters. The molecule has 102 heavy (non-hydrogen) atoms. The van der Waals surface area contributed by atoms with E-state index >= 15 is 0 Å². The number of carbonyl (C=O) groups is 1. The van der Waals surface area contributed by atoms with E-state index in [1.165, 1.54) is 13.6 Å². The summed E-state index contributed by atoms with van der Waals surface area (Å²) in [5.41, 5.74) is 12.2. The van der Waals surface area contributed by atoms with Crippen molar-refractivity contribution >= 4 is 76.8 Å². The SMILES string of the molecule is CC.CC.CC.CC.Cc1c(Cc2ccccc2)c(C(=O)O)nn2ccnc12.Cc1c(Cc2ccccc2)c(NS(C)(=O)=O)nn2ccnc12.Cc1c2c(nn3ccnc13)[nH]c(=O)n2-c1ccccc1.Cc1c2c(nn3ccnc13)n(S(C)(=O)=O)c(=O)n2-c1ccccc1.[CH3-].[CH3-].[CH3-].[CH3-].[Y].[Y].[Y].[Y]. The first-order valence-corrected chi connectivity index (χ1v) is 34.2. The summed E-state index contributed by atoms with van der Waals surface area (Å²) in [6.07, 6.45) is 16.5. The van der Waals surface area contributed by atoms with Crippen LogP contribution in [0.1, 0.15) is 110 Å². The smallest absolute Gasteiger partial charge is 0.356 e. The first-order chi connectivity index (χ1) is 45.3. The molecule has 31 heteroatoms. The van der Waals surface area contributed by atoms with Crippen LogP contribution >= 0.6 is 0 Å². The minimum Gasteiger partial charge on any atom is -0.476 e. The second-order valence-electron chi connectivity index (χ2n) is 19.9. The van der Waals surface area contributed by atoms with Crippen LogP contribution in [0.25, 0.3) is 56.3 Å². The number of aromatic nitrogens is 16. The summed E-state index contributed by atoms with van der Waals surface area (Å²) < 4.78 is 60.0. The zero-order chi connectivity index (χ0) is 68.6. The second-order valence-corrected chi connectivity index (χ2v) is 23.5. The molecule has 14 aromatic rings. The normalized spacial score (nSPS) is 10.0. The Balaban J connectivity index is 0. The van der Waals surface area contributed by atoms with Crippen molar-refractivity contribution in [2.75, 3.05) is 17.2 Å². The Morgan fingerprint density at radius 1 is 0.461 bits per heavy atom. The molecule has 0 aliphatic heterocycles. The minimum atomic E-state index is -3.83. The molecule has 25 nitrogen and oxygen atoms in total. The van der Waals surface area contributed by atoms with E-state index in [4.69, 9.17) is 0 Å². The molecule has 3 N–H and O–H groups in total. The maximum absolute atomic E-state index is 12.9. The third-order valence-corrected chi connectivity index (χ3v) is 15.6. The fraction of sp³-hybridized carbons (Fsp3) is 0.225. The van der Waals surface area contributed by atoms with Gasteiger partial charge in [0.2, 0.25) is 20.0 Å². The number of hydrogen-bond acceptors (Lipinski definition) is 15. The van der Waals surface area contributed by atoms with Gasteiger partial charge in [-0.15, -0.1) is 15.3 Å². The van der Waals surface area contributed by atoms with Crippen molar-refractivity contribution in [3.05, 3.63) is 272 Å². The quantitative estimate of drug-likeness (QED) is 0.107. The van der Waals surface area contributed by atoms with Gasteiger partial charge >= 0.3 is 17.3 Å². The summed E-state index contributed by atoms with van der Waals surface area (Å²) in [4.78, 5) is 56.3. The van der Waals surface area contributed by atoms with Gasteiger partial charge < -0.3 is 34.8 Å². The van der Waals surface area contributed by atoms with E-state index < -0.39 is 31.7 Å². The number of nitrogens with zero attached hydrogens (tertiary/aromatic N) is 15. The molecule has 0 unspecified atom stereocenters. The number of para-hydroxylation sites is 2. The third-order valence-electron chi connectivity index (χ3n) is 14.0. The van der Waals surface area contributed by atoms with Crippen molar-refractivity contribution in [2.45, 2.75) is 95.9 Å². The average Bonchev–Trinajstić information content (AvgIpc) is 1.57. The van der Waals surface area contributed by atoms with Gasteiger partial charge in [-0.05, 0) is 74.2 Å². The second kappa shape index (κ2) is 45.0. The van der Waals surface area contributed by atoms with Crippen molar-refractivity contribution < 1.29 is 158 Å². The average molecular weight is 1730 g/mol. The Kier molecular flexibility index (Phi) is 43.0. The van der Waals surface area contributed by atoms with E-state index in [0.717, 1.165) is 72.4 Å². The summed E-state index contributed by atoms with van der Waals surface area (Å²) in [5.74, 6) is -0.677. The Morgan fingerprint density at radius 3 is 1.23 bits per heavy atom. The summed E-state index contributed by atoms with van der Waals surface area (Å²) in [7, 11) is -7.24. The van der Waals surface area contributed by atoms with Crippen LogP contribution in [0.2, 0.25) is 0 Å². The molecule has 10 heterocycles. The zero-order valence-corrected chi connectivity index (χ0v) is 74.2. The number of aryl methyl sites for hydroxylation is 4. The van der Waals surface area contributed by atoms with E-state index in [1.54, 1.807) is 94.4 Å². The largest absolute Gasteiger partial charge is 0.476 e. The van der Waals surface area contributed by atoms with Crippen LogP contribution in [-0.4, -0.2) is 117 Å². The van der Waals surface area contributed by atoms with Gasteiger partial charge in [0.25, 0.3) is 0 Å². The molecule has 0 saturated heterocycles. The molecular formula is C71H89N17O8S2Y4-4. The number of aromatic amines is 1. The van der Waals surface area contributed by atoms with Crippen molar-refractivity contribution in [3.8, 4) is 11.4 Å². The summed E-state index contributed by atoms with van der Waals surface area (Å²) in [5, 5.41) is 26.5. The number of benzene rings is 4. The van der Waals surface area contributed by atoms with Gasteiger partial charge in [-0.3, -0.25) is 18.8 Å². The predicted molar refractivity (Wildman–Crippen MR) is 395 cm³/mol. The number of hydrogen-bond donors (Lipinski definition) is 3. The van der Waals surface area contributed by atoms with Gasteiger partial charge in [0.05, 0.1) is 23.9 Å². The number of fused-ring (bicyclic) bond motifs is 6. The fourth-order valence-electron chi connectivity index (χ4n) is 10.1. The number of aromatic carboxylic acids is 1. The van der Waals surface area contributed by atoms with Gasteiger partial charge in [-0.1, -0.05) is 152 Å². The molecule has 14 rings (SSSR count). The van der Waals surface area contributed by atoms with E-state index in [2.05, 4.69) is 50.0 Å². The summed E-state index contributed by atoms with van der Waals surface area (Å²) in [6.45, 7) is 23.5. The molecule has 4 aromatic carbocycles. The Hall–Kier alpha value is -6.51. The van der Waals surface area contributed by atoms with Gasteiger partial charge in [-0.25, -0.2) is 69.2 Å². The Labute approximate surface area is 698 Å². The number of imidazole rings is 6. The Bertz CT molecular complexity index is 5260. The van der Waals surface area contributed by atoms with Gasteiger partial charge in [-0.2, -0.15) is 9.07 Å². The summed E-state index contributed by atoms with van der Waals surface area (Å²) in [6, 6.07) is 38.0. The maximum Gasteiger partial charge on any atom is 0.356 e. The number of anilines is 1. The van der Waals surface area contributed by atoms with E-state index in [1.807, 2.05) is 173 Å². The van der Waals surface area contributed by atoms with Crippen LogP contribution in [0.3, 0.4) is 0 Å². The first-order valence-electron chi connectivity index (χ1n) is 30.4. The first kappa shape index (κ1) is 97.5. The molecule has 0 spiro atoms. The number of nitrogens with one attached hydrogen (secondary N) is 2. The van der Waals surface area contributed by atoms with E-state index in [-0.39, 0.29) is 178 Å². The fourth-order valence-corrected chi connectivity index (χ4v) is 11.4. The number of H-pyrrole nitrogens is 1. The van der Waals surface area contributed by atoms with Crippen LogP contribution in [0.15, 0.2) is 180 Å². The number of carboxylic acids is 1. The molecule has 0 saturated carbocycles. The Morgan fingerprint density at radius 2 is 0.814 bits per heavy atom. The number of rotatable bonds is 10. The van der Waals surface area contributed by atoms with Gasteiger partial charge in [0, 0.05) is 216 Å². The van der Waals surface area contributed by atoms with E-state index in [0.29, 0.717) is 57.9 Å². The van der Waals surface area contributed by atoms with Crippen molar-refractivity contribution in [1.82, 2.24) is 76.5 Å². The van der Waals surface area contributed by atoms with E-state index in [9.17, 15) is 36.3 Å².